The zero-order valence-electron chi connectivity index (χ0n) is 15.6. The molecule has 1 amide bonds. The summed E-state index contributed by atoms with van der Waals surface area (Å²) in [5, 5.41) is 8.16. The number of aromatic nitrogens is 2. The van der Waals surface area contributed by atoms with Crippen molar-refractivity contribution in [3.8, 4) is 5.69 Å². The molecule has 0 aliphatic carbocycles. The number of fused-ring (bicyclic) bond motifs is 2. The van der Waals surface area contributed by atoms with E-state index in [9.17, 15) is 4.79 Å². The summed E-state index contributed by atoms with van der Waals surface area (Å²) in [6.07, 6.45) is 5.40. The second-order valence-electron chi connectivity index (χ2n) is 7.99. The molecule has 2 saturated heterocycles. The molecular formula is C21H26N4O2. The van der Waals surface area contributed by atoms with Crippen molar-refractivity contribution in [2.24, 2.45) is 5.92 Å². The van der Waals surface area contributed by atoms with E-state index in [1.54, 1.807) is 0 Å². The smallest absolute Gasteiger partial charge is 0.222 e. The second kappa shape index (κ2) is 6.77. The fourth-order valence-corrected chi connectivity index (χ4v) is 4.48. The molecule has 1 aromatic heterocycles. The van der Waals surface area contributed by atoms with E-state index in [0.29, 0.717) is 18.2 Å². The maximum absolute atomic E-state index is 12.5. The highest BCUT2D eigenvalue weighted by Crippen LogP contribution is 2.41. The zero-order chi connectivity index (χ0) is 18.3. The van der Waals surface area contributed by atoms with E-state index < -0.39 is 0 Å². The lowest BCUT2D eigenvalue weighted by molar-refractivity contribution is -0.142. The number of amides is 1. The van der Waals surface area contributed by atoms with Crippen LogP contribution in [0.2, 0.25) is 0 Å². The quantitative estimate of drug-likeness (QED) is 0.901. The highest BCUT2D eigenvalue weighted by Gasteiger charge is 2.44. The fraction of sp³-hybridized carbons (Fsp3) is 0.524. The number of piperidine rings is 1. The van der Waals surface area contributed by atoms with Gasteiger partial charge in [-0.25, -0.2) is 4.68 Å². The molecule has 2 aromatic rings. The van der Waals surface area contributed by atoms with E-state index >= 15 is 0 Å². The first-order chi connectivity index (χ1) is 13.2. The number of nitrogens with zero attached hydrogens (tertiary/aromatic N) is 3. The molecule has 6 heteroatoms. The second-order valence-corrected chi connectivity index (χ2v) is 7.99. The van der Waals surface area contributed by atoms with Gasteiger partial charge >= 0.3 is 0 Å². The first-order valence-electron chi connectivity index (χ1n) is 10.0. The highest BCUT2D eigenvalue weighted by molar-refractivity contribution is 5.76. The van der Waals surface area contributed by atoms with E-state index in [4.69, 9.17) is 9.84 Å². The van der Waals surface area contributed by atoms with Gasteiger partial charge in [-0.3, -0.25) is 4.79 Å². The van der Waals surface area contributed by atoms with Crippen LogP contribution in [0.1, 0.15) is 30.5 Å². The number of ether oxygens (including phenoxy) is 1. The van der Waals surface area contributed by atoms with E-state index in [1.807, 2.05) is 27.8 Å². The van der Waals surface area contributed by atoms with Gasteiger partial charge in [0, 0.05) is 25.7 Å². The highest BCUT2D eigenvalue weighted by atomic mass is 16.5. The minimum absolute atomic E-state index is 0.294. The average molecular weight is 366 g/mol. The predicted octanol–water partition coefficient (Wildman–Crippen LogP) is 1.87. The van der Waals surface area contributed by atoms with Gasteiger partial charge in [0.1, 0.15) is 5.60 Å². The van der Waals surface area contributed by atoms with Crippen LogP contribution in [-0.4, -0.2) is 53.4 Å². The Kier molecular flexibility index (Phi) is 4.25. The van der Waals surface area contributed by atoms with Crippen molar-refractivity contribution < 1.29 is 9.53 Å². The molecule has 4 heterocycles. The molecule has 0 saturated carbocycles. The summed E-state index contributed by atoms with van der Waals surface area (Å²) >= 11 is 0. The lowest BCUT2D eigenvalue weighted by Crippen LogP contribution is -2.50. The molecule has 27 heavy (non-hydrogen) atoms. The molecule has 2 fully saturated rings. The molecule has 1 N–H and O–H groups in total. The molecule has 1 aromatic carbocycles. The van der Waals surface area contributed by atoms with Gasteiger partial charge in [-0.05, 0) is 56.0 Å². The van der Waals surface area contributed by atoms with Crippen LogP contribution in [0.4, 0.5) is 0 Å². The van der Waals surface area contributed by atoms with Crippen molar-refractivity contribution in [1.29, 1.82) is 0 Å². The average Bonchev–Trinajstić information content (AvgIpc) is 3.12. The first-order valence-corrected chi connectivity index (χ1v) is 10.0. The standard InChI is InChI=1S/C21H26N4O2/c26-19(12-16-13-22-14-16)24-9-7-21(8-10-24)20-17(6-11-27-21)15-25(23-20)18-4-2-1-3-5-18/h1-5,15-16,22H,6-14H2. The van der Waals surface area contributed by atoms with Crippen LogP contribution in [-0.2, 0) is 21.6 Å². The molecule has 0 unspecified atom stereocenters. The largest absolute Gasteiger partial charge is 0.368 e. The number of benzene rings is 1. The SMILES string of the molecule is O=C(CC1CNC1)N1CCC2(CC1)OCCc1cn(-c3ccccc3)nc12. The van der Waals surface area contributed by atoms with E-state index in [-0.39, 0.29) is 5.60 Å². The summed E-state index contributed by atoms with van der Waals surface area (Å²) in [4.78, 5) is 14.6. The number of hydrogen-bond donors (Lipinski definition) is 1. The third kappa shape index (κ3) is 3.07. The van der Waals surface area contributed by atoms with Crippen LogP contribution in [0.25, 0.3) is 5.69 Å². The van der Waals surface area contributed by atoms with Gasteiger partial charge in [-0.1, -0.05) is 18.2 Å². The van der Waals surface area contributed by atoms with Crippen LogP contribution in [0, 0.1) is 5.92 Å². The molecule has 0 bridgehead atoms. The third-order valence-electron chi connectivity index (χ3n) is 6.25. The molecule has 0 atom stereocenters. The fourth-order valence-electron chi connectivity index (χ4n) is 4.48. The van der Waals surface area contributed by atoms with Gasteiger partial charge < -0.3 is 15.0 Å². The van der Waals surface area contributed by atoms with E-state index in [2.05, 4.69) is 23.6 Å². The van der Waals surface area contributed by atoms with Crippen molar-refractivity contribution >= 4 is 5.91 Å². The Morgan fingerprint density at radius 3 is 2.70 bits per heavy atom. The Labute approximate surface area is 159 Å². The van der Waals surface area contributed by atoms with Crippen molar-refractivity contribution in [3.63, 3.8) is 0 Å². The summed E-state index contributed by atoms with van der Waals surface area (Å²) in [5.41, 5.74) is 3.10. The van der Waals surface area contributed by atoms with Gasteiger partial charge in [0.15, 0.2) is 0 Å². The topological polar surface area (TPSA) is 59.4 Å². The summed E-state index contributed by atoms with van der Waals surface area (Å²) in [6, 6.07) is 10.2. The van der Waals surface area contributed by atoms with Gasteiger partial charge in [0.05, 0.1) is 18.0 Å². The number of rotatable bonds is 3. The molecule has 3 aliphatic heterocycles. The van der Waals surface area contributed by atoms with E-state index in [1.165, 1.54) is 5.56 Å². The summed E-state index contributed by atoms with van der Waals surface area (Å²) < 4.78 is 8.27. The lowest BCUT2D eigenvalue weighted by atomic mass is 9.83. The molecule has 142 valence electrons. The van der Waals surface area contributed by atoms with Gasteiger partial charge in [0.2, 0.25) is 5.91 Å². The number of carbonyl (C=O) groups excluding carboxylic acids is 1. The first kappa shape index (κ1) is 17.0. The number of likely N-dealkylation sites (tertiary alicyclic amines) is 1. The molecular weight excluding hydrogens is 340 g/mol. The van der Waals surface area contributed by atoms with Crippen LogP contribution in [0.15, 0.2) is 36.5 Å². The van der Waals surface area contributed by atoms with Crippen LogP contribution in [0.3, 0.4) is 0 Å². The van der Waals surface area contributed by atoms with Crippen LogP contribution in [0.5, 0.6) is 0 Å². The Hall–Kier alpha value is -2.18. The van der Waals surface area contributed by atoms with Crippen molar-refractivity contribution in [2.45, 2.75) is 31.3 Å². The Morgan fingerprint density at radius 2 is 2.00 bits per heavy atom. The normalized spacial score (nSPS) is 21.7. The molecule has 5 rings (SSSR count). The molecule has 6 nitrogen and oxygen atoms in total. The Balaban J connectivity index is 1.33. The van der Waals surface area contributed by atoms with Gasteiger partial charge in [-0.2, -0.15) is 5.10 Å². The Morgan fingerprint density at radius 1 is 1.22 bits per heavy atom. The van der Waals surface area contributed by atoms with Crippen molar-refractivity contribution in [3.05, 3.63) is 47.8 Å². The van der Waals surface area contributed by atoms with Crippen LogP contribution >= 0.6 is 0 Å². The lowest BCUT2D eigenvalue weighted by Gasteiger charge is -2.43. The Bertz CT molecular complexity index is 820. The predicted molar refractivity (Wildman–Crippen MR) is 102 cm³/mol. The number of carbonyl (C=O) groups is 1. The van der Waals surface area contributed by atoms with Gasteiger partial charge in [-0.15, -0.1) is 0 Å². The van der Waals surface area contributed by atoms with E-state index in [0.717, 1.165) is 63.4 Å². The molecule has 1 spiro atoms. The maximum atomic E-state index is 12.5. The number of para-hydroxylation sites is 1. The summed E-state index contributed by atoms with van der Waals surface area (Å²) in [6.45, 7) is 4.21. The molecule has 3 aliphatic rings. The van der Waals surface area contributed by atoms with Gasteiger partial charge in [0.25, 0.3) is 0 Å². The summed E-state index contributed by atoms with van der Waals surface area (Å²) in [7, 11) is 0. The van der Waals surface area contributed by atoms with Crippen molar-refractivity contribution in [1.82, 2.24) is 20.0 Å². The maximum Gasteiger partial charge on any atom is 0.222 e. The summed E-state index contributed by atoms with van der Waals surface area (Å²) in [5.74, 6) is 0.815. The van der Waals surface area contributed by atoms with Crippen molar-refractivity contribution in [2.75, 3.05) is 32.8 Å². The minimum Gasteiger partial charge on any atom is -0.368 e. The third-order valence-corrected chi connectivity index (χ3v) is 6.25. The number of nitrogens with one attached hydrogen (secondary N) is 1. The monoisotopic (exact) mass is 366 g/mol. The van der Waals surface area contributed by atoms with Crippen LogP contribution < -0.4 is 5.32 Å². The minimum atomic E-state index is -0.331. The number of hydrogen-bond acceptors (Lipinski definition) is 4. The molecule has 0 radical (unpaired) electrons. The zero-order valence-corrected chi connectivity index (χ0v) is 15.6.